The Labute approximate surface area is 125 Å². The normalized spacial score (nSPS) is 13.3. The third-order valence-corrected chi connectivity index (χ3v) is 3.08. The van der Waals surface area contributed by atoms with Gasteiger partial charge in [-0.25, -0.2) is 4.79 Å². The van der Waals surface area contributed by atoms with Crippen molar-refractivity contribution in [2.75, 3.05) is 6.61 Å². The summed E-state index contributed by atoms with van der Waals surface area (Å²) in [5.74, 6) is 1.24. The smallest absolute Gasteiger partial charge is 0.315 e. The van der Waals surface area contributed by atoms with Gasteiger partial charge in [0.25, 0.3) is 0 Å². The maximum atomic E-state index is 11.8. The van der Waals surface area contributed by atoms with Gasteiger partial charge in [0.05, 0.1) is 6.54 Å². The van der Waals surface area contributed by atoms with Crippen LogP contribution >= 0.6 is 0 Å². The number of urea groups is 1. The van der Waals surface area contributed by atoms with Gasteiger partial charge in [-0.2, -0.15) is 4.98 Å². The molecule has 0 aliphatic heterocycles. The van der Waals surface area contributed by atoms with Crippen molar-refractivity contribution in [3.05, 3.63) is 11.7 Å². The molecule has 1 heterocycles. The van der Waals surface area contributed by atoms with Gasteiger partial charge in [0.15, 0.2) is 5.82 Å². The van der Waals surface area contributed by atoms with E-state index in [9.17, 15) is 4.79 Å². The standard InChI is InChI=1S/C14H26N4O3/c1-9(2)10(6-7-19)16-13(20)15-8-11-17-12(21-18-11)14(3,4)5/h9-10,19H,6-8H2,1-5H3,(H2,15,16,20). The molecule has 1 aromatic rings. The van der Waals surface area contributed by atoms with E-state index in [4.69, 9.17) is 9.63 Å². The molecule has 3 N–H and O–H groups in total. The highest BCUT2D eigenvalue weighted by Crippen LogP contribution is 2.19. The van der Waals surface area contributed by atoms with Crippen molar-refractivity contribution in [1.82, 2.24) is 20.8 Å². The van der Waals surface area contributed by atoms with Crippen molar-refractivity contribution >= 4 is 6.03 Å². The molecule has 7 heteroatoms. The van der Waals surface area contributed by atoms with Crippen molar-refractivity contribution < 1.29 is 14.4 Å². The second-order valence-corrected chi connectivity index (χ2v) is 6.46. The van der Waals surface area contributed by atoms with Gasteiger partial charge in [-0.1, -0.05) is 39.8 Å². The van der Waals surface area contributed by atoms with Gasteiger partial charge >= 0.3 is 6.03 Å². The highest BCUT2D eigenvalue weighted by Gasteiger charge is 2.22. The van der Waals surface area contributed by atoms with Crippen LogP contribution in [0.4, 0.5) is 4.79 Å². The highest BCUT2D eigenvalue weighted by molar-refractivity contribution is 5.74. The molecule has 0 aliphatic carbocycles. The fourth-order valence-corrected chi connectivity index (χ4v) is 1.72. The first-order valence-corrected chi connectivity index (χ1v) is 7.22. The SMILES string of the molecule is CC(C)C(CCO)NC(=O)NCc1noc(C(C)(C)C)n1. The Bertz CT molecular complexity index is 451. The predicted molar refractivity (Wildman–Crippen MR) is 78.7 cm³/mol. The summed E-state index contributed by atoms with van der Waals surface area (Å²) in [5, 5.41) is 18.3. The number of rotatable bonds is 6. The zero-order chi connectivity index (χ0) is 16.0. The zero-order valence-electron chi connectivity index (χ0n) is 13.4. The van der Waals surface area contributed by atoms with Crippen LogP contribution < -0.4 is 10.6 Å². The molecule has 0 spiro atoms. The molecule has 0 radical (unpaired) electrons. The summed E-state index contributed by atoms with van der Waals surface area (Å²) < 4.78 is 5.15. The monoisotopic (exact) mass is 298 g/mol. The van der Waals surface area contributed by atoms with E-state index in [1.165, 1.54) is 0 Å². The van der Waals surface area contributed by atoms with Crippen molar-refractivity contribution in [3.63, 3.8) is 0 Å². The van der Waals surface area contributed by atoms with E-state index in [1.54, 1.807) is 0 Å². The minimum atomic E-state index is -0.302. The quantitative estimate of drug-likeness (QED) is 0.740. The maximum Gasteiger partial charge on any atom is 0.315 e. The van der Waals surface area contributed by atoms with Crippen LogP contribution in [0.25, 0.3) is 0 Å². The molecule has 1 unspecified atom stereocenters. The van der Waals surface area contributed by atoms with Gasteiger partial charge in [-0.15, -0.1) is 0 Å². The van der Waals surface area contributed by atoms with Gasteiger partial charge < -0.3 is 20.3 Å². The van der Waals surface area contributed by atoms with Crippen molar-refractivity contribution in [1.29, 1.82) is 0 Å². The van der Waals surface area contributed by atoms with Crippen molar-refractivity contribution in [2.24, 2.45) is 5.92 Å². The van der Waals surface area contributed by atoms with E-state index in [1.807, 2.05) is 34.6 Å². The minimum Gasteiger partial charge on any atom is -0.396 e. The maximum absolute atomic E-state index is 11.8. The number of aliphatic hydroxyl groups is 1. The molecule has 0 bridgehead atoms. The van der Waals surface area contributed by atoms with E-state index in [2.05, 4.69) is 20.8 Å². The van der Waals surface area contributed by atoms with Gasteiger partial charge in [-0.3, -0.25) is 0 Å². The molecule has 120 valence electrons. The summed E-state index contributed by atoms with van der Waals surface area (Å²) in [4.78, 5) is 16.1. The average molecular weight is 298 g/mol. The van der Waals surface area contributed by atoms with Crippen LogP contribution in [0.2, 0.25) is 0 Å². The van der Waals surface area contributed by atoms with Crippen molar-refractivity contribution in [2.45, 2.75) is 59.0 Å². The Kier molecular flexibility index (Phi) is 6.14. The number of carbonyl (C=O) groups excluding carboxylic acids is 1. The summed E-state index contributed by atoms with van der Waals surface area (Å²) in [6.45, 7) is 10.2. The Morgan fingerprint density at radius 1 is 1.38 bits per heavy atom. The fourth-order valence-electron chi connectivity index (χ4n) is 1.72. The number of hydrogen-bond acceptors (Lipinski definition) is 5. The van der Waals surface area contributed by atoms with Crippen LogP contribution in [0.3, 0.4) is 0 Å². The zero-order valence-corrected chi connectivity index (χ0v) is 13.4. The van der Waals surface area contributed by atoms with Gasteiger partial charge in [0.1, 0.15) is 0 Å². The lowest BCUT2D eigenvalue weighted by Gasteiger charge is -2.21. The van der Waals surface area contributed by atoms with Gasteiger partial charge in [0.2, 0.25) is 5.89 Å². The van der Waals surface area contributed by atoms with Crippen molar-refractivity contribution in [3.8, 4) is 0 Å². The molecule has 0 aromatic carbocycles. The molecule has 7 nitrogen and oxygen atoms in total. The summed E-state index contributed by atoms with van der Waals surface area (Å²) in [6.07, 6.45) is 0.529. The van der Waals surface area contributed by atoms with Crippen LogP contribution in [0.1, 0.15) is 52.8 Å². The topological polar surface area (TPSA) is 100 Å². The number of aromatic nitrogens is 2. The highest BCUT2D eigenvalue weighted by atomic mass is 16.5. The van der Waals surface area contributed by atoms with Crippen LogP contribution in [-0.2, 0) is 12.0 Å². The first-order valence-electron chi connectivity index (χ1n) is 7.22. The Morgan fingerprint density at radius 2 is 2.05 bits per heavy atom. The van der Waals surface area contributed by atoms with E-state index in [0.29, 0.717) is 18.1 Å². The molecule has 1 aromatic heterocycles. The van der Waals surface area contributed by atoms with E-state index in [-0.39, 0.29) is 36.6 Å². The lowest BCUT2D eigenvalue weighted by molar-refractivity contribution is 0.218. The third kappa shape index (κ3) is 5.71. The van der Waals surface area contributed by atoms with E-state index >= 15 is 0 Å². The molecular weight excluding hydrogens is 272 g/mol. The molecule has 21 heavy (non-hydrogen) atoms. The van der Waals surface area contributed by atoms with Crippen LogP contribution in [0.5, 0.6) is 0 Å². The lowest BCUT2D eigenvalue weighted by Crippen LogP contribution is -2.44. The number of nitrogens with one attached hydrogen (secondary N) is 2. The molecule has 1 atom stereocenters. The van der Waals surface area contributed by atoms with Crippen LogP contribution in [0, 0.1) is 5.92 Å². The Balaban J connectivity index is 2.47. The van der Waals surface area contributed by atoms with E-state index < -0.39 is 0 Å². The Morgan fingerprint density at radius 3 is 2.52 bits per heavy atom. The first-order chi connectivity index (χ1) is 9.74. The Hall–Kier alpha value is -1.63. The summed E-state index contributed by atoms with van der Waals surface area (Å²) in [6, 6.07) is -0.366. The second kappa shape index (κ2) is 7.40. The average Bonchev–Trinajstić information content (AvgIpc) is 2.84. The van der Waals surface area contributed by atoms with Gasteiger partial charge in [-0.05, 0) is 12.3 Å². The lowest BCUT2D eigenvalue weighted by atomic mass is 9.97. The molecular formula is C14H26N4O3. The summed E-state index contributed by atoms with van der Waals surface area (Å²) in [5.41, 5.74) is -0.211. The minimum absolute atomic E-state index is 0.0446. The van der Waals surface area contributed by atoms with Crippen LogP contribution in [-0.4, -0.2) is 33.9 Å². The summed E-state index contributed by atoms with van der Waals surface area (Å²) in [7, 11) is 0. The molecule has 2 amide bonds. The number of carbonyl (C=O) groups is 1. The fraction of sp³-hybridized carbons (Fsp3) is 0.786. The predicted octanol–water partition coefficient (Wildman–Crippen LogP) is 1.57. The largest absolute Gasteiger partial charge is 0.396 e. The molecule has 0 aliphatic rings. The molecule has 0 fully saturated rings. The number of nitrogens with zero attached hydrogens (tertiary/aromatic N) is 2. The summed E-state index contributed by atoms with van der Waals surface area (Å²) >= 11 is 0. The first kappa shape index (κ1) is 17.4. The van der Waals surface area contributed by atoms with Crippen LogP contribution in [0.15, 0.2) is 4.52 Å². The van der Waals surface area contributed by atoms with E-state index in [0.717, 1.165) is 0 Å². The molecule has 0 saturated carbocycles. The number of aliphatic hydroxyl groups excluding tert-OH is 1. The molecule has 1 rings (SSSR count). The molecule has 0 saturated heterocycles. The number of hydrogen-bond donors (Lipinski definition) is 3. The third-order valence-electron chi connectivity index (χ3n) is 3.08. The number of amides is 2. The van der Waals surface area contributed by atoms with Gasteiger partial charge in [0, 0.05) is 18.1 Å². The second-order valence-electron chi connectivity index (χ2n) is 6.46.